The topological polar surface area (TPSA) is 93.5 Å². The van der Waals surface area contributed by atoms with Gasteiger partial charge in [0, 0.05) is 22.7 Å². The Hall–Kier alpha value is -2.30. The summed E-state index contributed by atoms with van der Waals surface area (Å²) in [6, 6.07) is 6.24. The molecule has 1 aromatic carbocycles. The zero-order valence-electron chi connectivity index (χ0n) is 16.3. The third kappa shape index (κ3) is 3.67. The fourth-order valence-electron chi connectivity index (χ4n) is 4.06. The second-order valence-corrected chi connectivity index (χ2v) is 8.57. The summed E-state index contributed by atoms with van der Waals surface area (Å²) in [5.74, 6) is -1.04. The van der Waals surface area contributed by atoms with E-state index in [1.54, 1.807) is 19.2 Å². The van der Waals surface area contributed by atoms with Crippen molar-refractivity contribution in [2.75, 3.05) is 13.6 Å². The molecule has 1 aliphatic heterocycles. The summed E-state index contributed by atoms with van der Waals surface area (Å²) in [7, 11) is 1.56. The molecule has 1 atom stereocenters. The molecule has 7 nitrogen and oxygen atoms in total. The Kier molecular flexibility index (Phi) is 5.79. The summed E-state index contributed by atoms with van der Waals surface area (Å²) in [6.07, 6.45) is 3.93. The lowest BCUT2D eigenvalue weighted by atomic mass is 9.81. The highest BCUT2D eigenvalue weighted by atomic mass is 35.5. The zero-order valence-corrected chi connectivity index (χ0v) is 17.8. The van der Waals surface area contributed by atoms with Crippen LogP contribution in [0.15, 0.2) is 18.2 Å². The quantitative estimate of drug-likeness (QED) is 0.731. The molecule has 154 valence electrons. The summed E-state index contributed by atoms with van der Waals surface area (Å²) in [5.41, 5.74) is -1.90. The Morgan fingerprint density at radius 3 is 2.52 bits per heavy atom. The molecular weight excluding hydrogens is 415 g/mol. The second kappa shape index (κ2) is 7.85. The van der Waals surface area contributed by atoms with E-state index in [2.05, 4.69) is 11.4 Å². The molecule has 2 aliphatic rings. The van der Waals surface area contributed by atoms with Crippen LogP contribution >= 0.6 is 23.2 Å². The van der Waals surface area contributed by atoms with Crippen LogP contribution in [0.3, 0.4) is 0 Å². The highest BCUT2D eigenvalue weighted by molar-refractivity contribution is 6.35. The van der Waals surface area contributed by atoms with Crippen molar-refractivity contribution in [1.82, 2.24) is 15.1 Å². The number of carbonyl (C=O) groups excluding carboxylic acids is 3. The van der Waals surface area contributed by atoms with E-state index in [1.807, 2.05) is 0 Å². The average molecular weight is 437 g/mol. The van der Waals surface area contributed by atoms with Crippen LogP contribution in [-0.2, 0) is 15.1 Å². The molecule has 9 heteroatoms. The fraction of sp³-hybridized carbons (Fsp3) is 0.500. The Morgan fingerprint density at radius 1 is 1.28 bits per heavy atom. The number of hydrogen-bond acceptors (Lipinski definition) is 4. The summed E-state index contributed by atoms with van der Waals surface area (Å²) >= 11 is 12.2. The molecule has 1 saturated carbocycles. The van der Waals surface area contributed by atoms with Gasteiger partial charge in [0.1, 0.15) is 17.6 Å². The van der Waals surface area contributed by atoms with Gasteiger partial charge in [-0.1, -0.05) is 48.5 Å². The predicted molar refractivity (Wildman–Crippen MR) is 108 cm³/mol. The number of nitriles is 1. The van der Waals surface area contributed by atoms with E-state index in [1.165, 1.54) is 17.9 Å². The molecule has 0 bridgehead atoms. The van der Waals surface area contributed by atoms with Crippen LogP contribution in [-0.4, -0.2) is 46.8 Å². The number of benzene rings is 1. The van der Waals surface area contributed by atoms with Gasteiger partial charge < -0.3 is 10.2 Å². The first-order valence-corrected chi connectivity index (χ1v) is 10.2. The second-order valence-electron chi connectivity index (χ2n) is 7.73. The minimum absolute atomic E-state index is 0.240. The van der Waals surface area contributed by atoms with Crippen LogP contribution in [0.5, 0.6) is 0 Å². The van der Waals surface area contributed by atoms with Crippen molar-refractivity contribution in [2.24, 2.45) is 0 Å². The number of nitrogens with one attached hydrogen (secondary N) is 1. The largest absolute Gasteiger partial charge is 0.325 e. The molecule has 0 spiro atoms. The molecule has 0 radical (unpaired) electrons. The molecular formula is C20H22Cl2N4O3. The van der Waals surface area contributed by atoms with Crippen LogP contribution in [0.1, 0.15) is 44.6 Å². The lowest BCUT2D eigenvalue weighted by Crippen LogP contribution is -2.53. The molecule has 1 aromatic rings. The molecule has 1 aliphatic carbocycles. The van der Waals surface area contributed by atoms with Gasteiger partial charge in [-0.05, 0) is 31.9 Å². The number of nitrogens with zero attached hydrogens (tertiary/aromatic N) is 3. The van der Waals surface area contributed by atoms with E-state index in [-0.39, 0.29) is 5.02 Å². The smallest absolute Gasteiger partial charge is 0.325 e. The summed E-state index contributed by atoms with van der Waals surface area (Å²) in [4.78, 5) is 40.7. The van der Waals surface area contributed by atoms with Crippen LogP contribution in [0, 0.1) is 11.3 Å². The van der Waals surface area contributed by atoms with Gasteiger partial charge in [0.25, 0.3) is 5.91 Å². The maximum Gasteiger partial charge on any atom is 0.325 e. The Labute approximate surface area is 179 Å². The van der Waals surface area contributed by atoms with E-state index in [9.17, 15) is 19.6 Å². The van der Waals surface area contributed by atoms with Crippen LogP contribution < -0.4 is 5.32 Å². The van der Waals surface area contributed by atoms with Gasteiger partial charge in [-0.2, -0.15) is 5.26 Å². The van der Waals surface area contributed by atoms with E-state index in [0.717, 1.165) is 24.2 Å². The first kappa shape index (κ1) is 21.4. The van der Waals surface area contributed by atoms with Crippen molar-refractivity contribution < 1.29 is 14.4 Å². The van der Waals surface area contributed by atoms with Crippen LogP contribution in [0.25, 0.3) is 0 Å². The third-order valence-corrected chi connectivity index (χ3v) is 6.49. The minimum atomic E-state index is -1.41. The Bertz CT molecular complexity index is 907. The first-order chi connectivity index (χ1) is 13.6. The molecule has 1 N–H and O–H groups in total. The van der Waals surface area contributed by atoms with Gasteiger partial charge in [-0.3, -0.25) is 14.5 Å². The van der Waals surface area contributed by atoms with Gasteiger partial charge in [0.15, 0.2) is 0 Å². The van der Waals surface area contributed by atoms with Crippen LogP contribution in [0.2, 0.25) is 10.0 Å². The number of amides is 4. The highest BCUT2D eigenvalue weighted by Gasteiger charge is 2.51. The summed E-state index contributed by atoms with van der Waals surface area (Å²) in [5, 5.41) is 13.0. The fourth-order valence-corrected chi connectivity index (χ4v) is 4.65. The Balaban J connectivity index is 1.81. The van der Waals surface area contributed by atoms with Crippen molar-refractivity contribution in [1.29, 1.82) is 5.26 Å². The molecule has 0 aromatic heterocycles. The third-order valence-electron chi connectivity index (χ3n) is 5.94. The first-order valence-electron chi connectivity index (χ1n) is 9.42. The molecule has 1 unspecified atom stereocenters. The van der Waals surface area contributed by atoms with E-state index in [4.69, 9.17) is 23.2 Å². The van der Waals surface area contributed by atoms with Gasteiger partial charge in [0.05, 0.1) is 6.07 Å². The molecule has 2 fully saturated rings. The molecule has 29 heavy (non-hydrogen) atoms. The number of rotatable bonds is 4. The minimum Gasteiger partial charge on any atom is -0.325 e. The maximum atomic E-state index is 13.1. The van der Waals surface area contributed by atoms with Crippen molar-refractivity contribution in [3.8, 4) is 6.07 Å². The number of likely N-dealkylation sites (N-methyl/N-ethyl adjacent to an activating group) is 1. The number of urea groups is 1. The van der Waals surface area contributed by atoms with Crippen molar-refractivity contribution >= 4 is 41.0 Å². The monoisotopic (exact) mass is 436 g/mol. The molecule has 1 heterocycles. The van der Waals surface area contributed by atoms with Gasteiger partial charge in [-0.15, -0.1) is 0 Å². The van der Waals surface area contributed by atoms with Gasteiger partial charge >= 0.3 is 6.03 Å². The van der Waals surface area contributed by atoms with Gasteiger partial charge in [-0.25, -0.2) is 4.79 Å². The molecule has 3 rings (SSSR count). The zero-order chi connectivity index (χ0) is 21.4. The lowest BCUT2D eigenvalue weighted by Gasteiger charge is -2.39. The van der Waals surface area contributed by atoms with Crippen LogP contribution in [0.4, 0.5) is 4.79 Å². The van der Waals surface area contributed by atoms with Gasteiger partial charge in [0.2, 0.25) is 5.91 Å². The number of halogens is 2. The number of imide groups is 1. The SMILES string of the molecule is CN(C(=O)CN1C(=O)NC(C)(c2ccc(Cl)cc2Cl)C1=O)C1(C#N)CCCCC1. The molecule has 4 amide bonds. The lowest BCUT2D eigenvalue weighted by molar-refractivity contribution is -0.141. The summed E-state index contributed by atoms with van der Waals surface area (Å²) in [6.45, 7) is 1.10. The van der Waals surface area contributed by atoms with Crippen molar-refractivity contribution in [3.05, 3.63) is 33.8 Å². The average Bonchev–Trinajstić information content (AvgIpc) is 2.91. The maximum absolute atomic E-state index is 13.1. The van der Waals surface area contributed by atoms with Crippen molar-refractivity contribution in [3.63, 3.8) is 0 Å². The predicted octanol–water partition coefficient (Wildman–Crippen LogP) is 3.45. The number of carbonyl (C=O) groups is 3. The summed E-state index contributed by atoms with van der Waals surface area (Å²) < 4.78 is 0. The van der Waals surface area contributed by atoms with E-state index >= 15 is 0 Å². The number of hydrogen-bond donors (Lipinski definition) is 1. The Morgan fingerprint density at radius 2 is 1.93 bits per heavy atom. The highest BCUT2D eigenvalue weighted by Crippen LogP contribution is 2.36. The van der Waals surface area contributed by atoms with E-state index < -0.39 is 35.5 Å². The standard InChI is InChI=1S/C20H22Cl2N4O3/c1-19(14-7-6-13(21)10-15(14)22)17(28)26(18(29)24-19)11-16(27)25(2)20(12-23)8-4-3-5-9-20/h6-7,10H,3-5,8-9,11H2,1-2H3,(H,24,29). The van der Waals surface area contributed by atoms with E-state index in [0.29, 0.717) is 23.4 Å². The van der Waals surface area contributed by atoms with Crippen molar-refractivity contribution in [2.45, 2.75) is 50.1 Å². The normalized spacial score (nSPS) is 23.5. The molecule has 1 saturated heterocycles.